The number of carbonyl (C=O) groups is 1. The Bertz CT molecular complexity index is 644. The molecule has 0 aliphatic heterocycles. The first-order valence-electron chi connectivity index (χ1n) is 10.3. The van der Waals surface area contributed by atoms with Crippen molar-refractivity contribution >= 4 is 5.97 Å². The number of carbonyl (C=O) groups excluding carboxylic acids is 1. The summed E-state index contributed by atoms with van der Waals surface area (Å²) in [6.07, 6.45) is 9.29. The highest BCUT2D eigenvalue weighted by Gasteiger charge is 2.70. The second-order valence-electron chi connectivity index (χ2n) is 10.4. The zero-order chi connectivity index (χ0) is 19.0. The number of esters is 1. The number of aliphatic hydroxyl groups excluding tert-OH is 2. The van der Waals surface area contributed by atoms with Gasteiger partial charge in [0.15, 0.2) is 0 Å². The van der Waals surface area contributed by atoms with Crippen molar-refractivity contribution in [1.82, 2.24) is 0 Å². The Labute approximate surface area is 157 Å². The summed E-state index contributed by atoms with van der Waals surface area (Å²) >= 11 is 0. The van der Waals surface area contributed by atoms with E-state index in [0.717, 1.165) is 32.1 Å². The Morgan fingerprint density at radius 2 is 1.85 bits per heavy atom. The molecule has 4 nitrogen and oxygen atoms in total. The molecule has 2 N–H and O–H groups in total. The van der Waals surface area contributed by atoms with Crippen molar-refractivity contribution in [3.63, 3.8) is 0 Å². The maximum atomic E-state index is 11.4. The molecule has 1 unspecified atom stereocenters. The van der Waals surface area contributed by atoms with E-state index < -0.39 is 17.6 Å². The second kappa shape index (κ2) is 5.57. The van der Waals surface area contributed by atoms with Crippen molar-refractivity contribution in [2.45, 2.75) is 78.4 Å². The predicted octanol–water partition coefficient (Wildman–Crippen LogP) is 3.46. The lowest BCUT2D eigenvalue weighted by Crippen LogP contribution is -2.66. The fourth-order valence-corrected chi connectivity index (χ4v) is 7.60. The van der Waals surface area contributed by atoms with E-state index in [4.69, 9.17) is 4.74 Å². The fraction of sp³-hybridized carbons (Fsp3) is 0.864. The molecule has 0 heterocycles. The Hall–Kier alpha value is -0.870. The summed E-state index contributed by atoms with van der Waals surface area (Å²) in [5, 5.41) is 22.6. The van der Waals surface area contributed by atoms with Crippen molar-refractivity contribution in [3.8, 4) is 0 Å². The summed E-state index contributed by atoms with van der Waals surface area (Å²) in [5.41, 5.74) is -0.743. The molecule has 4 aliphatic carbocycles. The molecule has 2 bridgehead atoms. The van der Waals surface area contributed by atoms with Crippen LogP contribution in [-0.2, 0) is 9.53 Å². The van der Waals surface area contributed by atoms with Crippen LogP contribution in [0.5, 0.6) is 0 Å². The predicted molar refractivity (Wildman–Crippen MR) is 99.2 cm³/mol. The first-order valence-corrected chi connectivity index (χ1v) is 10.3. The van der Waals surface area contributed by atoms with Gasteiger partial charge in [-0.25, -0.2) is 0 Å². The molecular formula is C22H34O4. The standard InChI is InChI=1S/C22H34O4/c1-14(23)26-13-20(3)7-5-8-21(4)15-6-9-19(2)10-11-22(15,18(19)25)17(24)12-16(20)21/h10-11,15-18,24-25H,5-9,12-13H2,1-4H3/t15-,16+,17-,18?,19+,20+,21-,22+/m0/s1. The molecule has 1 spiro atoms. The molecule has 4 aliphatic rings. The minimum Gasteiger partial charge on any atom is -0.465 e. The minimum atomic E-state index is -0.534. The summed E-state index contributed by atoms with van der Waals surface area (Å²) < 4.78 is 5.46. The minimum absolute atomic E-state index is 0.0589. The van der Waals surface area contributed by atoms with Gasteiger partial charge in [-0.05, 0) is 49.4 Å². The van der Waals surface area contributed by atoms with Crippen LogP contribution in [0.25, 0.3) is 0 Å². The van der Waals surface area contributed by atoms with Gasteiger partial charge >= 0.3 is 5.97 Å². The first kappa shape index (κ1) is 18.5. The lowest BCUT2D eigenvalue weighted by molar-refractivity contribution is -0.235. The fourth-order valence-electron chi connectivity index (χ4n) is 7.60. The van der Waals surface area contributed by atoms with Crippen LogP contribution in [0.2, 0.25) is 0 Å². The van der Waals surface area contributed by atoms with Crippen molar-refractivity contribution in [2.24, 2.45) is 33.5 Å². The highest BCUT2D eigenvalue weighted by atomic mass is 16.5. The van der Waals surface area contributed by atoms with Crippen LogP contribution in [-0.4, -0.2) is 35.0 Å². The van der Waals surface area contributed by atoms with Crippen molar-refractivity contribution in [2.75, 3.05) is 6.61 Å². The monoisotopic (exact) mass is 362 g/mol. The number of fused-ring (bicyclic) bond motifs is 3. The van der Waals surface area contributed by atoms with E-state index in [2.05, 4.69) is 32.9 Å². The summed E-state index contributed by atoms with van der Waals surface area (Å²) in [6, 6.07) is 0. The SMILES string of the molecule is CC(=O)OC[C@@]1(C)CCC[C@]2(C)[C@@H]1C[C@H](O)[C@@]13C=C[C@@](C)(CC[C@@H]21)C3O. The van der Waals surface area contributed by atoms with E-state index in [1.807, 2.05) is 0 Å². The van der Waals surface area contributed by atoms with Crippen LogP contribution in [0.1, 0.15) is 66.2 Å². The quantitative estimate of drug-likeness (QED) is 0.583. The third-order valence-electron chi connectivity index (χ3n) is 8.96. The molecule has 0 aromatic rings. The average Bonchev–Trinajstić information content (AvgIpc) is 2.73. The maximum absolute atomic E-state index is 11.4. The van der Waals surface area contributed by atoms with Crippen molar-refractivity contribution in [1.29, 1.82) is 0 Å². The van der Waals surface area contributed by atoms with Crippen LogP contribution in [0, 0.1) is 33.5 Å². The molecule has 3 saturated carbocycles. The zero-order valence-corrected chi connectivity index (χ0v) is 16.6. The number of rotatable bonds is 2. The Balaban J connectivity index is 1.73. The molecule has 4 rings (SSSR count). The van der Waals surface area contributed by atoms with E-state index in [1.54, 1.807) is 0 Å². The van der Waals surface area contributed by atoms with Gasteiger partial charge in [0.1, 0.15) is 0 Å². The van der Waals surface area contributed by atoms with Gasteiger partial charge in [-0.1, -0.05) is 39.3 Å². The lowest BCUT2D eigenvalue weighted by Gasteiger charge is -2.67. The molecular weight excluding hydrogens is 328 g/mol. The van der Waals surface area contributed by atoms with E-state index >= 15 is 0 Å². The van der Waals surface area contributed by atoms with Crippen molar-refractivity contribution < 1.29 is 19.7 Å². The van der Waals surface area contributed by atoms with E-state index in [1.165, 1.54) is 6.92 Å². The van der Waals surface area contributed by atoms with Gasteiger partial charge < -0.3 is 14.9 Å². The summed E-state index contributed by atoms with van der Waals surface area (Å²) in [4.78, 5) is 11.4. The van der Waals surface area contributed by atoms with E-state index in [-0.39, 0.29) is 28.1 Å². The Morgan fingerprint density at radius 3 is 2.54 bits per heavy atom. The number of aliphatic hydroxyl groups is 2. The molecule has 26 heavy (non-hydrogen) atoms. The molecule has 3 fully saturated rings. The Kier molecular flexibility index (Phi) is 3.96. The summed E-state index contributed by atoms with van der Waals surface area (Å²) in [7, 11) is 0. The van der Waals surface area contributed by atoms with Crippen LogP contribution in [0.15, 0.2) is 12.2 Å². The van der Waals surface area contributed by atoms with Crippen LogP contribution in [0.4, 0.5) is 0 Å². The van der Waals surface area contributed by atoms with E-state index in [9.17, 15) is 15.0 Å². The highest BCUT2D eigenvalue weighted by Crippen LogP contribution is 2.71. The van der Waals surface area contributed by atoms with Gasteiger partial charge in [-0.3, -0.25) is 4.79 Å². The van der Waals surface area contributed by atoms with Gasteiger partial charge in [0.25, 0.3) is 0 Å². The van der Waals surface area contributed by atoms with Crippen molar-refractivity contribution in [3.05, 3.63) is 12.2 Å². The van der Waals surface area contributed by atoms with Crippen LogP contribution >= 0.6 is 0 Å². The molecule has 0 amide bonds. The maximum Gasteiger partial charge on any atom is 0.302 e. The first-order chi connectivity index (χ1) is 12.1. The number of hydrogen-bond acceptors (Lipinski definition) is 4. The smallest absolute Gasteiger partial charge is 0.302 e. The summed E-state index contributed by atoms with van der Waals surface area (Å²) in [6.45, 7) is 8.65. The molecule has 146 valence electrons. The molecule has 0 radical (unpaired) electrons. The third-order valence-corrected chi connectivity index (χ3v) is 8.96. The molecule has 0 saturated heterocycles. The van der Waals surface area contributed by atoms with Gasteiger partial charge in [0.05, 0.1) is 18.8 Å². The third kappa shape index (κ3) is 2.18. The average molecular weight is 363 g/mol. The van der Waals surface area contributed by atoms with Crippen LogP contribution < -0.4 is 0 Å². The molecule has 8 atom stereocenters. The van der Waals surface area contributed by atoms with E-state index in [0.29, 0.717) is 18.9 Å². The molecule has 0 aromatic heterocycles. The number of hydrogen-bond donors (Lipinski definition) is 2. The van der Waals surface area contributed by atoms with Gasteiger partial charge in [-0.2, -0.15) is 0 Å². The van der Waals surface area contributed by atoms with Gasteiger partial charge in [-0.15, -0.1) is 0 Å². The summed E-state index contributed by atoms with van der Waals surface area (Å²) in [5.74, 6) is 0.357. The largest absolute Gasteiger partial charge is 0.465 e. The topological polar surface area (TPSA) is 66.8 Å². The Morgan fingerprint density at radius 1 is 1.12 bits per heavy atom. The van der Waals surface area contributed by atoms with Gasteiger partial charge in [0, 0.05) is 23.2 Å². The second-order valence-corrected chi connectivity index (χ2v) is 10.4. The van der Waals surface area contributed by atoms with Crippen LogP contribution in [0.3, 0.4) is 0 Å². The zero-order valence-electron chi connectivity index (χ0n) is 16.6. The normalized spacial score (nSPS) is 55.2. The number of ether oxygens (including phenoxy) is 1. The highest BCUT2D eigenvalue weighted by molar-refractivity contribution is 5.65. The van der Waals surface area contributed by atoms with Gasteiger partial charge in [0.2, 0.25) is 0 Å². The molecule has 4 heteroatoms. The lowest BCUT2D eigenvalue weighted by atomic mass is 9.39. The molecule has 0 aromatic carbocycles.